The van der Waals surface area contributed by atoms with E-state index < -0.39 is 29.7 Å². The second-order valence-corrected chi connectivity index (χ2v) is 5.33. The highest BCUT2D eigenvalue weighted by atomic mass is 16.5. The summed E-state index contributed by atoms with van der Waals surface area (Å²) in [6, 6.07) is 5.63. The number of nitroso groups, excluding NO2 is 1. The van der Waals surface area contributed by atoms with Gasteiger partial charge in [-0.15, -0.1) is 15.1 Å². The van der Waals surface area contributed by atoms with Crippen LogP contribution in [0, 0.1) is 10.8 Å². The van der Waals surface area contributed by atoms with Crippen molar-refractivity contribution < 1.29 is 19.1 Å². The highest BCUT2D eigenvalue weighted by Gasteiger charge is 2.59. The van der Waals surface area contributed by atoms with Crippen LogP contribution in [-0.4, -0.2) is 41.8 Å². The number of carbonyl (C=O) groups excluding carboxylic acids is 3. The fraction of sp³-hybridized carbons (Fsp3) is 0.333. The van der Waals surface area contributed by atoms with E-state index in [-0.39, 0.29) is 5.71 Å². The van der Waals surface area contributed by atoms with E-state index >= 15 is 0 Å². The van der Waals surface area contributed by atoms with Crippen LogP contribution in [0.1, 0.15) is 12.5 Å². The van der Waals surface area contributed by atoms with Gasteiger partial charge >= 0.3 is 5.97 Å². The molecule has 9 heteroatoms. The smallest absolute Gasteiger partial charge is 0.355 e. The van der Waals surface area contributed by atoms with Crippen LogP contribution in [0.5, 0.6) is 0 Å². The third kappa shape index (κ3) is 2.16. The van der Waals surface area contributed by atoms with Crippen LogP contribution in [0.15, 0.2) is 34.7 Å². The van der Waals surface area contributed by atoms with Crippen LogP contribution in [0.2, 0.25) is 0 Å². The predicted molar refractivity (Wildman–Crippen MR) is 82.7 cm³/mol. The third-order valence-corrected chi connectivity index (χ3v) is 4.11. The maximum Gasteiger partial charge on any atom is 0.355 e. The molecule has 1 fully saturated rings. The van der Waals surface area contributed by atoms with E-state index in [1.54, 1.807) is 24.3 Å². The zero-order valence-corrected chi connectivity index (χ0v) is 13.0. The van der Waals surface area contributed by atoms with Gasteiger partial charge in [-0.3, -0.25) is 9.59 Å². The van der Waals surface area contributed by atoms with E-state index in [1.165, 1.54) is 0 Å². The summed E-state index contributed by atoms with van der Waals surface area (Å²) in [6.07, 6.45) is 0.815. The molecule has 2 amide bonds. The minimum absolute atomic E-state index is 0.298. The Morgan fingerprint density at radius 2 is 1.92 bits per heavy atom. The number of nitrogens with zero attached hydrogens (tertiary/aromatic N) is 4. The molecular formula is C15H14N4O5. The van der Waals surface area contributed by atoms with Crippen molar-refractivity contribution in [3.63, 3.8) is 0 Å². The maximum absolute atomic E-state index is 12.7. The number of hydrogen-bond donors (Lipinski definition) is 0. The number of aryl methyl sites for hydroxylation is 1. The number of carbonyl (C=O) groups is 3. The van der Waals surface area contributed by atoms with Crippen LogP contribution < -0.4 is 4.90 Å². The Bertz CT molecular complexity index is 758. The Kier molecular flexibility index (Phi) is 3.84. The molecule has 1 aromatic rings. The van der Waals surface area contributed by atoms with Crippen LogP contribution in [0.4, 0.5) is 5.69 Å². The van der Waals surface area contributed by atoms with Crippen molar-refractivity contribution in [2.45, 2.75) is 19.4 Å². The van der Waals surface area contributed by atoms with E-state index in [9.17, 15) is 19.3 Å². The lowest BCUT2D eigenvalue weighted by Crippen LogP contribution is -2.36. The number of ether oxygens (including phenoxy) is 1. The Balaban J connectivity index is 2.00. The van der Waals surface area contributed by atoms with Crippen molar-refractivity contribution in [1.29, 1.82) is 0 Å². The number of hydrazone groups is 1. The van der Waals surface area contributed by atoms with E-state index in [0.717, 1.165) is 24.0 Å². The molecule has 2 heterocycles. The molecule has 0 unspecified atom stereocenters. The van der Waals surface area contributed by atoms with Gasteiger partial charge in [-0.1, -0.05) is 19.1 Å². The van der Waals surface area contributed by atoms with Crippen molar-refractivity contribution in [3.8, 4) is 0 Å². The molecule has 2 aliphatic heterocycles. The topological polar surface area (TPSA) is 109 Å². The Labute approximate surface area is 136 Å². The highest BCUT2D eigenvalue weighted by molar-refractivity contribution is 6.46. The van der Waals surface area contributed by atoms with Gasteiger partial charge in [-0.05, 0) is 24.1 Å². The van der Waals surface area contributed by atoms with Crippen molar-refractivity contribution in [1.82, 2.24) is 5.12 Å². The van der Waals surface area contributed by atoms with Gasteiger partial charge < -0.3 is 4.74 Å². The average Bonchev–Trinajstić information content (AvgIpc) is 3.11. The van der Waals surface area contributed by atoms with Gasteiger partial charge in [0.05, 0.1) is 18.1 Å². The van der Waals surface area contributed by atoms with Crippen LogP contribution in [-0.2, 0) is 25.5 Å². The lowest BCUT2D eigenvalue weighted by molar-refractivity contribution is -0.133. The fourth-order valence-electron chi connectivity index (χ4n) is 2.87. The number of rotatable bonds is 4. The number of amides is 2. The quantitative estimate of drug-likeness (QED) is 0.455. The molecule has 3 rings (SSSR count). The minimum atomic E-state index is -1.25. The lowest BCUT2D eigenvalue weighted by atomic mass is 9.98. The first-order valence-corrected chi connectivity index (χ1v) is 7.29. The molecule has 0 N–H and O–H groups in total. The third-order valence-electron chi connectivity index (χ3n) is 4.11. The standard InChI is InChI=1S/C15H14N4O5/c1-3-8-4-6-9(7-5-8)18-13(20)10-11(15(22)24-2)16-19(17-23)12(10)14(18)21/h4-7,10,12H,3H2,1-2H3/t10-,12-/m1/s1. The van der Waals surface area contributed by atoms with E-state index in [1.807, 2.05) is 6.92 Å². The number of benzene rings is 1. The van der Waals surface area contributed by atoms with Gasteiger partial charge in [0.25, 0.3) is 5.91 Å². The second-order valence-electron chi connectivity index (χ2n) is 5.33. The van der Waals surface area contributed by atoms with E-state index in [4.69, 9.17) is 0 Å². The Morgan fingerprint density at radius 1 is 1.25 bits per heavy atom. The molecule has 24 heavy (non-hydrogen) atoms. The number of hydrogen-bond acceptors (Lipinski definition) is 7. The number of anilines is 1. The summed E-state index contributed by atoms with van der Waals surface area (Å²) in [5, 5.41) is 6.83. The number of imide groups is 1. The van der Waals surface area contributed by atoms with Crippen LogP contribution in [0.3, 0.4) is 0 Å². The molecule has 0 radical (unpaired) electrons. The molecule has 0 saturated carbocycles. The Morgan fingerprint density at radius 3 is 2.46 bits per heavy atom. The maximum atomic E-state index is 12.7. The van der Waals surface area contributed by atoms with Gasteiger partial charge in [0.2, 0.25) is 5.91 Å². The summed E-state index contributed by atoms with van der Waals surface area (Å²) < 4.78 is 4.57. The highest BCUT2D eigenvalue weighted by Crippen LogP contribution is 2.35. The second kappa shape index (κ2) is 5.84. The molecule has 1 aromatic carbocycles. The summed E-state index contributed by atoms with van der Waals surface area (Å²) in [5.41, 5.74) is 1.12. The first kappa shape index (κ1) is 15.8. The lowest BCUT2D eigenvalue weighted by Gasteiger charge is -2.17. The summed E-state index contributed by atoms with van der Waals surface area (Å²) >= 11 is 0. The van der Waals surface area contributed by atoms with Crippen LogP contribution >= 0.6 is 0 Å². The predicted octanol–water partition coefficient (Wildman–Crippen LogP) is 0.633. The molecule has 0 bridgehead atoms. The first-order chi connectivity index (χ1) is 11.5. The summed E-state index contributed by atoms with van der Waals surface area (Å²) in [6.45, 7) is 1.98. The van der Waals surface area contributed by atoms with Crippen molar-refractivity contribution >= 4 is 29.2 Å². The monoisotopic (exact) mass is 330 g/mol. The van der Waals surface area contributed by atoms with Crippen molar-refractivity contribution in [2.24, 2.45) is 16.3 Å². The Hall–Kier alpha value is -3.10. The van der Waals surface area contributed by atoms with E-state index in [2.05, 4.69) is 15.1 Å². The van der Waals surface area contributed by atoms with Gasteiger partial charge in [-0.25, -0.2) is 9.69 Å². The van der Waals surface area contributed by atoms with Gasteiger partial charge in [-0.2, -0.15) is 0 Å². The molecule has 0 aliphatic carbocycles. The minimum Gasteiger partial charge on any atom is -0.464 e. The molecule has 9 nitrogen and oxygen atoms in total. The molecule has 2 aliphatic rings. The van der Waals surface area contributed by atoms with Crippen LogP contribution in [0.25, 0.3) is 0 Å². The summed E-state index contributed by atoms with van der Waals surface area (Å²) in [5.74, 6) is -3.37. The number of esters is 1. The molecule has 0 spiro atoms. The van der Waals surface area contributed by atoms with Gasteiger partial charge in [0.1, 0.15) is 5.92 Å². The number of methoxy groups -OCH3 is 1. The van der Waals surface area contributed by atoms with Crippen molar-refractivity contribution in [3.05, 3.63) is 34.7 Å². The van der Waals surface area contributed by atoms with Gasteiger partial charge in [0.15, 0.2) is 11.8 Å². The zero-order chi connectivity index (χ0) is 17.4. The SMILES string of the molecule is CCc1ccc(N2C(=O)[C@@H]3C(C(=O)OC)=NN(N=O)[C@H]3C2=O)cc1. The van der Waals surface area contributed by atoms with Crippen molar-refractivity contribution in [2.75, 3.05) is 12.0 Å². The zero-order valence-electron chi connectivity index (χ0n) is 13.0. The molecule has 124 valence electrons. The van der Waals surface area contributed by atoms with E-state index in [0.29, 0.717) is 10.8 Å². The molecule has 2 atom stereocenters. The number of fused-ring (bicyclic) bond motifs is 1. The molecular weight excluding hydrogens is 316 g/mol. The fourth-order valence-corrected chi connectivity index (χ4v) is 2.87. The summed E-state index contributed by atoms with van der Waals surface area (Å²) in [4.78, 5) is 49.0. The first-order valence-electron chi connectivity index (χ1n) is 7.29. The average molecular weight is 330 g/mol. The molecule has 0 aromatic heterocycles. The normalized spacial score (nSPS) is 22.5. The van der Waals surface area contributed by atoms with Gasteiger partial charge in [0, 0.05) is 0 Å². The summed E-state index contributed by atoms with van der Waals surface area (Å²) in [7, 11) is 1.12. The largest absolute Gasteiger partial charge is 0.464 e. The molecule has 1 saturated heterocycles.